The maximum atomic E-state index is 10.4. The summed E-state index contributed by atoms with van der Waals surface area (Å²) >= 11 is 0. The largest absolute Gasteiger partial charge is 0.503 e. The molecule has 0 radical (unpaired) electrons. The first kappa shape index (κ1) is 8.33. The number of aliphatic hydroxyl groups is 1. The number of carbonyl (C=O) groups is 1. The number of rotatable bonds is 2. The number of amides is 1. The number of aliphatic hydroxyl groups excluding tert-OH is 1. The van der Waals surface area contributed by atoms with E-state index < -0.39 is 11.7 Å². The fraction of sp³-hybridized carbons (Fsp3) is 0. The van der Waals surface area contributed by atoms with Gasteiger partial charge in [-0.2, -0.15) is 0 Å². The van der Waals surface area contributed by atoms with Crippen molar-refractivity contribution in [1.29, 1.82) is 0 Å². The molecule has 0 aliphatic carbocycles. The Morgan fingerprint density at radius 2 is 1.92 bits per heavy atom. The molecule has 1 amide bonds. The zero-order chi connectivity index (χ0) is 8.97. The summed E-state index contributed by atoms with van der Waals surface area (Å²) in [6.07, 6.45) is 1.32. The van der Waals surface area contributed by atoms with Crippen molar-refractivity contribution >= 4 is 12.0 Å². The fourth-order valence-corrected chi connectivity index (χ4v) is 0.778. The number of benzene rings is 1. The predicted molar refractivity (Wildman–Crippen MR) is 46.2 cm³/mol. The molecule has 3 N–H and O–H groups in total. The SMILES string of the molecule is NC(=O)C(O)=Cc1ccccc1. The van der Waals surface area contributed by atoms with Gasteiger partial charge in [0.05, 0.1) is 0 Å². The minimum Gasteiger partial charge on any atom is -0.503 e. The Kier molecular flexibility index (Phi) is 2.48. The van der Waals surface area contributed by atoms with Crippen molar-refractivity contribution in [1.82, 2.24) is 0 Å². The average Bonchev–Trinajstić information content (AvgIpc) is 2.06. The number of hydrogen-bond donors (Lipinski definition) is 2. The lowest BCUT2D eigenvalue weighted by molar-refractivity contribution is -0.116. The summed E-state index contributed by atoms with van der Waals surface area (Å²) in [5, 5.41) is 8.97. The third-order valence-corrected chi connectivity index (χ3v) is 1.36. The molecule has 0 bridgehead atoms. The Hall–Kier alpha value is -1.77. The lowest BCUT2D eigenvalue weighted by Crippen LogP contribution is -2.12. The van der Waals surface area contributed by atoms with Crippen LogP contribution < -0.4 is 5.73 Å². The van der Waals surface area contributed by atoms with E-state index in [1.165, 1.54) is 6.08 Å². The molecule has 0 spiro atoms. The highest BCUT2D eigenvalue weighted by Gasteiger charge is 1.99. The quantitative estimate of drug-likeness (QED) is 0.506. The zero-order valence-electron chi connectivity index (χ0n) is 6.40. The molecule has 0 atom stereocenters. The van der Waals surface area contributed by atoms with Gasteiger partial charge in [-0.05, 0) is 11.6 Å². The van der Waals surface area contributed by atoms with Crippen LogP contribution in [0.25, 0.3) is 6.08 Å². The van der Waals surface area contributed by atoms with Crippen molar-refractivity contribution in [2.45, 2.75) is 0 Å². The smallest absolute Gasteiger partial charge is 0.283 e. The van der Waals surface area contributed by atoms with E-state index in [0.29, 0.717) is 0 Å². The second kappa shape index (κ2) is 3.57. The van der Waals surface area contributed by atoms with E-state index in [-0.39, 0.29) is 0 Å². The average molecular weight is 163 g/mol. The molecular formula is C9H9NO2. The van der Waals surface area contributed by atoms with Crippen LogP contribution in [0.2, 0.25) is 0 Å². The van der Waals surface area contributed by atoms with Crippen molar-refractivity contribution < 1.29 is 9.90 Å². The lowest BCUT2D eigenvalue weighted by Gasteiger charge is -1.93. The third-order valence-electron chi connectivity index (χ3n) is 1.36. The van der Waals surface area contributed by atoms with Crippen LogP contribution in [0.5, 0.6) is 0 Å². The van der Waals surface area contributed by atoms with E-state index in [1.54, 1.807) is 24.3 Å². The van der Waals surface area contributed by atoms with Gasteiger partial charge in [0.15, 0.2) is 5.76 Å². The Bertz CT molecular complexity index is 304. The highest BCUT2D eigenvalue weighted by Crippen LogP contribution is 2.03. The normalized spacial score (nSPS) is 11.2. The highest BCUT2D eigenvalue weighted by atomic mass is 16.3. The first-order valence-electron chi connectivity index (χ1n) is 3.45. The van der Waals surface area contributed by atoms with Gasteiger partial charge in [0.25, 0.3) is 5.91 Å². The molecule has 3 heteroatoms. The van der Waals surface area contributed by atoms with Crippen LogP contribution in [0.4, 0.5) is 0 Å². The van der Waals surface area contributed by atoms with Crippen LogP contribution in [0.1, 0.15) is 5.56 Å². The first-order chi connectivity index (χ1) is 5.70. The predicted octanol–water partition coefficient (Wildman–Crippen LogP) is 1.07. The Morgan fingerprint density at radius 1 is 1.33 bits per heavy atom. The van der Waals surface area contributed by atoms with Gasteiger partial charge < -0.3 is 10.8 Å². The first-order valence-corrected chi connectivity index (χ1v) is 3.45. The molecule has 1 aromatic carbocycles. The summed E-state index contributed by atoms with van der Waals surface area (Å²) in [7, 11) is 0. The summed E-state index contributed by atoms with van der Waals surface area (Å²) in [6, 6.07) is 8.98. The number of hydrogen-bond acceptors (Lipinski definition) is 2. The van der Waals surface area contributed by atoms with Crippen molar-refractivity contribution in [2.75, 3.05) is 0 Å². The van der Waals surface area contributed by atoms with Crippen LogP contribution in [0.15, 0.2) is 36.1 Å². The van der Waals surface area contributed by atoms with Gasteiger partial charge in [-0.3, -0.25) is 4.79 Å². The van der Waals surface area contributed by atoms with Crippen molar-refractivity contribution in [3.63, 3.8) is 0 Å². The number of primary amides is 1. The van der Waals surface area contributed by atoms with Crippen molar-refractivity contribution in [2.24, 2.45) is 5.73 Å². The molecule has 12 heavy (non-hydrogen) atoms. The van der Waals surface area contributed by atoms with Crippen LogP contribution in [0, 0.1) is 0 Å². The van der Waals surface area contributed by atoms with E-state index in [4.69, 9.17) is 10.8 Å². The molecule has 1 aromatic rings. The monoisotopic (exact) mass is 163 g/mol. The van der Waals surface area contributed by atoms with Gasteiger partial charge in [-0.1, -0.05) is 30.3 Å². The number of nitrogens with two attached hydrogens (primary N) is 1. The van der Waals surface area contributed by atoms with Gasteiger partial charge in [-0.15, -0.1) is 0 Å². The molecule has 0 aliphatic heterocycles. The van der Waals surface area contributed by atoms with Crippen LogP contribution in [0.3, 0.4) is 0 Å². The maximum absolute atomic E-state index is 10.4. The van der Waals surface area contributed by atoms with Gasteiger partial charge in [0.1, 0.15) is 0 Å². The molecule has 0 saturated carbocycles. The zero-order valence-corrected chi connectivity index (χ0v) is 6.40. The summed E-state index contributed by atoms with van der Waals surface area (Å²) in [6.45, 7) is 0. The molecule has 3 nitrogen and oxygen atoms in total. The summed E-state index contributed by atoms with van der Waals surface area (Å²) in [4.78, 5) is 10.4. The van der Waals surface area contributed by atoms with E-state index in [2.05, 4.69) is 0 Å². The van der Waals surface area contributed by atoms with E-state index in [0.717, 1.165) is 5.56 Å². The molecule has 0 saturated heterocycles. The van der Waals surface area contributed by atoms with E-state index in [1.807, 2.05) is 6.07 Å². The molecule has 62 valence electrons. The van der Waals surface area contributed by atoms with Gasteiger partial charge in [-0.25, -0.2) is 0 Å². The lowest BCUT2D eigenvalue weighted by atomic mass is 10.2. The van der Waals surface area contributed by atoms with E-state index in [9.17, 15) is 4.79 Å². The molecule has 0 unspecified atom stereocenters. The summed E-state index contributed by atoms with van der Waals surface area (Å²) in [5.74, 6) is -1.25. The number of carbonyl (C=O) groups excluding carboxylic acids is 1. The Balaban J connectivity index is 2.89. The van der Waals surface area contributed by atoms with E-state index >= 15 is 0 Å². The third kappa shape index (κ3) is 2.12. The molecule has 1 rings (SSSR count). The van der Waals surface area contributed by atoms with Crippen molar-refractivity contribution in [3.8, 4) is 0 Å². The van der Waals surface area contributed by atoms with Gasteiger partial charge in [0.2, 0.25) is 0 Å². The maximum Gasteiger partial charge on any atom is 0.283 e. The van der Waals surface area contributed by atoms with Crippen LogP contribution >= 0.6 is 0 Å². The van der Waals surface area contributed by atoms with Gasteiger partial charge >= 0.3 is 0 Å². The molecule has 0 heterocycles. The van der Waals surface area contributed by atoms with Crippen molar-refractivity contribution in [3.05, 3.63) is 41.7 Å². The summed E-state index contributed by atoms with van der Waals surface area (Å²) in [5.41, 5.74) is 5.57. The molecule has 0 aliphatic rings. The van der Waals surface area contributed by atoms with Crippen LogP contribution in [-0.2, 0) is 4.79 Å². The molecule has 0 aromatic heterocycles. The summed E-state index contributed by atoms with van der Waals surface area (Å²) < 4.78 is 0. The molecular weight excluding hydrogens is 154 g/mol. The Morgan fingerprint density at radius 3 is 2.42 bits per heavy atom. The second-order valence-corrected chi connectivity index (χ2v) is 2.30. The second-order valence-electron chi connectivity index (χ2n) is 2.30. The fourth-order valence-electron chi connectivity index (χ4n) is 0.778. The van der Waals surface area contributed by atoms with Gasteiger partial charge in [0, 0.05) is 0 Å². The topological polar surface area (TPSA) is 63.3 Å². The molecule has 0 fully saturated rings. The standard InChI is InChI=1S/C9H9NO2/c10-9(12)8(11)6-7-4-2-1-3-5-7/h1-6,11H,(H2,10,12). The minimum absolute atomic E-state index is 0.429. The Labute approximate surface area is 70.1 Å². The highest BCUT2D eigenvalue weighted by molar-refractivity contribution is 5.93. The van der Waals surface area contributed by atoms with Crippen LogP contribution in [-0.4, -0.2) is 11.0 Å². The minimum atomic E-state index is -0.821.